The molecule has 4 N–H and O–H groups in total. The van der Waals surface area contributed by atoms with E-state index < -0.39 is 0 Å². The summed E-state index contributed by atoms with van der Waals surface area (Å²) < 4.78 is 0. The van der Waals surface area contributed by atoms with E-state index in [1.165, 1.54) is 0 Å². The van der Waals surface area contributed by atoms with Gasteiger partial charge in [0.15, 0.2) is 5.82 Å². The van der Waals surface area contributed by atoms with Gasteiger partial charge >= 0.3 is 0 Å². The van der Waals surface area contributed by atoms with E-state index in [4.69, 9.17) is 16.1 Å². The molecule has 0 aliphatic rings. The van der Waals surface area contributed by atoms with E-state index in [0.29, 0.717) is 0 Å². The number of aromatic hydroxyl groups is 2. The molecule has 0 saturated heterocycles. The quantitative estimate of drug-likeness (QED) is 0.489. The number of hydrogen-bond acceptors (Lipinski definition) is 6. The second kappa shape index (κ2) is 3.13. The van der Waals surface area contributed by atoms with E-state index in [0.717, 1.165) is 6.07 Å². The molecular weight excluding hydrogens is 150 g/mol. The molecule has 0 unspecified atom stereocenters. The lowest BCUT2D eigenvalue weighted by Gasteiger charge is -1.98. The molecule has 0 spiro atoms. The minimum absolute atomic E-state index is 0.0536. The first kappa shape index (κ1) is 7.70. The van der Waals surface area contributed by atoms with Gasteiger partial charge < -0.3 is 10.2 Å². The number of nitrogens with zero attached hydrogens (tertiary/aromatic N) is 2. The average molecular weight is 157 g/mol. The standard InChI is InChI=1S/C5H7N3O3/c6-11-2-3-7-4(9)1-5(10)8-3/h1H,2,6H2,(H2,7,8,9,10). The molecule has 0 aliphatic heterocycles. The van der Waals surface area contributed by atoms with Gasteiger partial charge in [-0.1, -0.05) is 0 Å². The summed E-state index contributed by atoms with van der Waals surface area (Å²) in [5, 5.41) is 17.6. The van der Waals surface area contributed by atoms with Crippen LogP contribution in [0.2, 0.25) is 0 Å². The van der Waals surface area contributed by atoms with Crippen molar-refractivity contribution in [3.05, 3.63) is 11.9 Å². The Morgan fingerprint density at radius 1 is 1.36 bits per heavy atom. The molecular formula is C5H7N3O3. The maximum Gasteiger partial charge on any atom is 0.218 e. The van der Waals surface area contributed by atoms with E-state index >= 15 is 0 Å². The van der Waals surface area contributed by atoms with Crippen LogP contribution >= 0.6 is 0 Å². The summed E-state index contributed by atoms with van der Waals surface area (Å²) in [5.41, 5.74) is 0. The summed E-state index contributed by atoms with van der Waals surface area (Å²) in [4.78, 5) is 11.2. The van der Waals surface area contributed by atoms with Gasteiger partial charge in [-0.2, -0.15) is 9.97 Å². The topological polar surface area (TPSA) is 101 Å². The number of rotatable bonds is 2. The predicted octanol–water partition coefficient (Wildman–Crippen LogP) is -0.722. The third-order valence-corrected chi connectivity index (χ3v) is 0.958. The number of aromatic nitrogens is 2. The molecule has 0 fully saturated rings. The average Bonchev–Trinajstić information content (AvgIpc) is 1.85. The van der Waals surface area contributed by atoms with E-state index in [1.807, 2.05) is 0 Å². The highest BCUT2D eigenvalue weighted by Gasteiger charge is 2.01. The van der Waals surface area contributed by atoms with Crippen LogP contribution in [0.15, 0.2) is 6.07 Å². The van der Waals surface area contributed by atoms with Gasteiger partial charge in [0.1, 0.15) is 6.61 Å². The first-order valence-electron chi connectivity index (χ1n) is 2.80. The maximum absolute atomic E-state index is 8.81. The van der Waals surface area contributed by atoms with Gasteiger partial charge in [-0.15, -0.1) is 0 Å². The normalized spacial score (nSPS) is 9.91. The largest absolute Gasteiger partial charge is 0.493 e. The van der Waals surface area contributed by atoms with Crippen LogP contribution in [0.4, 0.5) is 0 Å². The third-order valence-electron chi connectivity index (χ3n) is 0.958. The smallest absolute Gasteiger partial charge is 0.218 e. The molecule has 0 bridgehead atoms. The molecule has 1 rings (SSSR count). The molecule has 11 heavy (non-hydrogen) atoms. The van der Waals surface area contributed by atoms with Crippen molar-refractivity contribution in [2.75, 3.05) is 0 Å². The molecule has 0 atom stereocenters. The van der Waals surface area contributed by atoms with Crippen LogP contribution < -0.4 is 5.90 Å². The molecule has 0 radical (unpaired) electrons. The van der Waals surface area contributed by atoms with Gasteiger partial charge in [-0.05, 0) is 0 Å². The molecule has 0 aliphatic carbocycles. The lowest BCUT2D eigenvalue weighted by atomic mass is 10.5. The Kier molecular flexibility index (Phi) is 2.19. The Balaban J connectivity index is 2.89. The van der Waals surface area contributed by atoms with Crippen LogP contribution in [-0.4, -0.2) is 20.2 Å². The van der Waals surface area contributed by atoms with Gasteiger partial charge in [-0.25, -0.2) is 5.90 Å². The lowest BCUT2D eigenvalue weighted by molar-refractivity contribution is 0.117. The fraction of sp³-hybridized carbons (Fsp3) is 0.200. The summed E-state index contributed by atoms with van der Waals surface area (Å²) in [5.74, 6) is 4.22. The second-order valence-corrected chi connectivity index (χ2v) is 1.81. The van der Waals surface area contributed by atoms with Crippen LogP contribution in [-0.2, 0) is 11.4 Å². The Bertz CT molecular complexity index is 232. The summed E-state index contributed by atoms with van der Waals surface area (Å²) in [7, 11) is 0. The molecule has 1 heterocycles. The minimum Gasteiger partial charge on any atom is -0.493 e. The highest BCUT2D eigenvalue weighted by Crippen LogP contribution is 2.11. The van der Waals surface area contributed by atoms with E-state index in [-0.39, 0.29) is 24.2 Å². The maximum atomic E-state index is 8.81. The Morgan fingerprint density at radius 3 is 2.36 bits per heavy atom. The Labute approximate surface area is 62.2 Å². The van der Waals surface area contributed by atoms with E-state index in [9.17, 15) is 0 Å². The van der Waals surface area contributed by atoms with Crippen LogP contribution in [0.25, 0.3) is 0 Å². The van der Waals surface area contributed by atoms with Crippen molar-refractivity contribution in [1.82, 2.24) is 9.97 Å². The molecule has 6 heteroatoms. The zero-order chi connectivity index (χ0) is 8.27. The molecule has 1 aromatic rings. The van der Waals surface area contributed by atoms with Gasteiger partial charge in [0, 0.05) is 0 Å². The molecule has 0 saturated carbocycles. The second-order valence-electron chi connectivity index (χ2n) is 1.81. The van der Waals surface area contributed by atoms with Crippen molar-refractivity contribution in [3.8, 4) is 11.8 Å². The zero-order valence-electron chi connectivity index (χ0n) is 5.56. The summed E-state index contributed by atoms with van der Waals surface area (Å²) in [6.07, 6.45) is 0. The van der Waals surface area contributed by atoms with Gasteiger partial charge in [-0.3, -0.25) is 4.84 Å². The predicted molar refractivity (Wildman–Crippen MR) is 34.3 cm³/mol. The van der Waals surface area contributed by atoms with E-state index in [2.05, 4.69) is 14.8 Å². The molecule has 6 nitrogen and oxygen atoms in total. The molecule has 0 amide bonds. The molecule has 60 valence electrons. The van der Waals surface area contributed by atoms with Crippen molar-refractivity contribution in [2.24, 2.45) is 5.90 Å². The summed E-state index contributed by atoms with van der Waals surface area (Å²) in [6, 6.07) is 1.01. The van der Waals surface area contributed by atoms with Gasteiger partial charge in [0.2, 0.25) is 11.8 Å². The van der Waals surface area contributed by atoms with Crippen LogP contribution in [0.5, 0.6) is 11.8 Å². The first-order valence-corrected chi connectivity index (χ1v) is 2.80. The Morgan fingerprint density at radius 2 is 1.91 bits per heavy atom. The van der Waals surface area contributed by atoms with Gasteiger partial charge in [0.25, 0.3) is 0 Å². The van der Waals surface area contributed by atoms with E-state index in [1.54, 1.807) is 0 Å². The highest BCUT2D eigenvalue weighted by atomic mass is 16.6. The lowest BCUT2D eigenvalue weighted by Crippen LogP contribution is -2.02. The van der Waals surface area contributed by atoms with Crippen LogP contribution in [0.3, 0.4) is 0 Å². The summed E-state index contributed by atoms with van der Waals surface area (Å²) in [6.45, 7) is -0.0536. The Hall–Kier alpha value is -1.40. The fourth-order valence-electron chi connectivity index (χ4n) is 0.609. The monoisotopic (exact) mass is 157 g/mol. The molecule has 1 aromatic heterocycles. The third kappa shape index (κ3) is 2.03. The summed E-state index contributed by atoms with van der Waals surface area (Å²) >= 11 is 0. The van der Waals surface area contributed by atoms with Crippen molar-refractivity contribution in [2.45, 2.75) is 6.61 Å². The van der Waals surface area contributed by atoms with Gasteiger partial charge in [0.05, 0.1) is 6.07 Å². The molecule has 0 aromatic carbocycles. The highest BCUT2D eigenvalue weighted by molar-refractivity contribution is 5.17. The van der Waals surface area contributed by atoms with Crippen molar-refractivity contribution in [3.63, 3.8) is 0 Å². The number of nitrogens with two attached hydrogens (primary N) is 1. The van der Waals surface area contributed by atoms with Crippen LogP contribution in [0, 0.1) is 0 Å². The fourth-order valence-corrected chi connectivity index (χ4v) is 0.609. The minimum atomic E-state index is -0.315. The SMILES string of the molecule is NOCc1nc(O)cc(O)n1. The van der Waals surface area contributed by atoms with Crippen molar-refractivity contribution < 1.29 is 15.1 Å². The van der Waals surface area contributed by atoms with Crippen LogP contribution in [0.1, 0.15) is 5.82 Å². The van der Waals surface area contributed by atoms with Crippen molar-refractivity contribution in [1.29, 1.82) is 0 Å². The first-order chi connectivity index (χ1) is 5.22. The van der Waals surface area contributed by atoms with Crippen molar-refractivity contribution >= 4 is 0 Å². The zero-order valence-corrected chi connectivity index (χ0v) is 5.56. The number of hydrogen-bond donors (Lipinski definition) is 3.